The molecule has 0 radical (unpaired) electrons. The molecule has 15 heavy (non-hydrogen) atoms. The number of carbonyl (C=O) groups is 1. The molecule has 0 aromatic carbocycles. The van der Waals surface area contributed by atoms with E-state index >= 15 is 0 Å². The maximum Gasteiger partial charge on any atom is 0.312 e. The van der Waals surface area contributed by atoms with Gasteiger partial charge in [-0.15, -0.1) is 12.4 Å². The molecule has 2 aliphatic rings. The van der Waals surface area contributed by atoms with Gasteiger partial charge in [0.05, 0.1) is 12.0 Å². The normalized spacial score (nSPS) is 24.1. The maximum absolute atomic E-state index is 11.8. The van der Waals surface area contributed by atoms with Gasteiger partial charge in [-0.2, -0.15) is 0 Å². The highest BCUT2D eigenvalue weighted by molar-refractivity contribution is 5.85. The van der Waals surface area contributed by atoms with E-state index < -0.39 is 0 Å². The summed E-state index contributed by atoms with van der Waals surface area (Å²) < 4.78 is 5.16. The summed E-state index contributed by atoms with van der Waals surface area (Å²) in [4.78, 5) is 11.8. The van der Waals surface area contributed by atoms with Crippen molar-refractivity contribution in [1.29, 1.82) is 0 Å². The van der Waals surface area contributed by atoms with E-state index in [1.54, 1.807) is 0 Å². The molecule has 88 valence electrons. The number of carbonyl (C=O) groups excluding carboxylic acids is 1. The fraction of sp³-hybridized carbons (Fsp3) is 0.909. The van der Waals surface area contributed by atoms with Crippen LogP contribution >= 0.6 is 12.4 Å². The van der Waals surface area contributed by atoms with Crippen LogP contribution in [0.25, 0.3) is 0 Å². The van der Waals surface area contributed by atoms with Crippen LogP contribution in [0.3, 0.4) is 0 Å². The van der Waals surface area contributed by atoms with Crippen molar-refractivity contribution in [3.63, 3.8) is 0 Å². The zero-order valence-electron chi connectivity index (χ0n) is 9.25. The van der Waals surface area contributed by atoms with Gasteiger partial charge in [0.2, 0.25) is 0 Å². The number of piperidine rings is 1. The summed E-state index contributed by atoms with van der Waals surface area (Å²) in [5, 5.41) is 3.33. The fourth-order valence-electron chi connectivity index (χ4n) is 2.56. The van der Waals surface area contributed by atoms with Crippen LogP contribution in [0, 0.1) is 11.3 Å². The predicted octanol–water partition coefficient (Wildman–Crippen LogP) is 1.75. The summed E-state index contributed by atoms with van der Waals surface area (Å²) in [7, 11) is 0. The van der Waals surface area contributed by atoms with Crippen LogP contribution in [0.15, 0.2) is 0 Å². The van der Waals surface area contributed by atoms with Gasteiger partial charge in [-0.25, -0.2) is 0 Å². The number of esters is 1. The molecule has 0 spiro atoms. The molecule has 0 atom stereocenters. The van der Waals surface area contributed by atoms with Crippen molar-refractivity contribution >= 4 is 18.4 Å². The molecular formula is C11H20ClNO2. The van der Waals surface area contributed by atoms with Crippen LogP contribution in [0.1, 0.15) is 32.6 Å². The standard InChI is InChI=1S/C11H19NO2.ClH/c1-2-14-10(13)11(5-6-11)9-3-7-12-8-4-9;/h9,12H,2-8H2,1H3;1H. The van der Waals surface area contributed by atoms with E-state index in [9.17, 15) is 4.79 Å². The molecule has 1 aliphatic carbocycles. The van der Waals surface area contributed by atoms with Gasteiger partial charge in [0.1, 0.15) is 0 Å². The van der Waals surface area contributed by atoms with Crippen LogP contribution in [0.5, 0.6) is 0 Å². The molecule has 0 aromatic rings. The molecular weight excluding hydrogens is 214 g/mol. The Hall–Kier alpha value is -0.280. The van der Waals surface area contributed by atoms with Crippen LogP contribution in [0.4, 0.5) is 0 Å². The molecule has 4 heteroatoms. The summed E-state index contributed by atoms with van der Waals surface area (Å²) in [6.45, 7) is 4.53. The lowest BCUT2D eigenvalue weighted by Gasteiger charge is -2.29. The molecule has 0 bridgehead atoms. The minimum atomic E-state index is -0.0713. The topological polar surface area (TPSA) is 38.3 Å². The summed E-state index contributed by atoms with van der Waals surface area (Å²) >= 11 is 0. The Balaban J connectivity index is 0.00000112. The van der Waals surface area contributed by atoms with Gasteiger partial charge >= 0.3 is 5.97 Å². The lowest BCUT2D eigenvalue weighted by Crippen LogP contribution is -2.36. The highest BCUT2D eigenvalue weighted by Crippen LogP contribution is 2.55. The molecule has 1 N–H and O–H groups in total. The van der Waals surface area contributed by atoms with Crippen molar-refractivity contribution in [3.8, 4) is 0 Å². The lowest BCUT2D eigenvalue weighted by molar-refractivity contribution is -0.152. The van der Waals surface area contributed by atoms with Crippen molar-refractivity contribution in [2.24, 2.45) is 11.3 Å². The molecule has 3 nitrogen and oxygen atoms in total. The number of halogens is 1. The molecule has 0 amide bonds. The fourth-order valence-corrected chi connectivity index (χ4v) is 2.56. The summed E-state index contributed by atoms with van der Waals surface area (Å²) in [6.07, 6.45) is 4.38. The molecule has 0 unspecified atom stereocenters. The number of hydrogen-bond donors (Lipinski definition) is 1. The Kier molecular flexibility index (Phi) is 4.41. The molecule has 1 heterocycles. The average molecular weight is 234 g/mol. The van der Waals surface area contributed by atoms with Crippen LogP contribution in [0.2, 0.25) is 0 Å². The molecule has 1 saturated heterocycles. The van der Waals surface area contributed by atoms with Crippen molar-refractivity contribution in [2.75, 3.05) is 19.7 Å². The van der Waals surface area contributed by atoms with E-state index in [0.717, 1.165) is 38.8 Å². The first-order valence-corrected chi connectivity index (χ1v) is 5.67. The SMILES string of the molecule is CCOC(=O)C1(C2CCNCC2)CC1.Cl. The van der Waals surface area contributed by atoms with Gasteiger partial charge in [-0.1, -0.05) is 0 Å². The first kappa shape index (κ1) is 12.8. The van der Waals surface area contributed by atoms with Gasteiger partial charge in [0.15, 0.2) is 0 Å². The van der Waals surface area contributed by atoms with Crippen molar-refractivity contribution in [1.82, 2.24) is 5.32 Å². The first-order chi connectivity index (χ1) is 6.79. The van der Waals surface area contributed by atoms with E-state index in [2.05, 4.69) is 5.32 Å². The zero-order chi connectivity index (χ0) is 10.0. The van der Waals surface area contributed by atoms with Gasteiger partial charge in [-0.3, -0.25) is 4.79 Å². The third kappa shape index (κ3) is 2.45. The van der Waals surface area contributed by atoms with Crippen LogP contribution in [-0.4, -0.2) is 25.7 Å². The largest absolute Gasteiger partial charge is 0.466 e. The average Bonchev–Trinajstić information content (AvgIpc) is 3.00. The van der Waals surface area contributed by atoms with Crippen LogP contribution < -0.4 is 5.32 Å². The second-order valence-electron chi connectivity index (χ2n) is 4.40. The summed E-state index contributed by atoms with van der Waals surface area (Å²) in [6, 6.07) is 0. The lowest BCUT2D eigenvalue weighted by atomic mass is 9.82. The minimum absolute atomic E-state index is 0. The smallest absolute Gasteiger partial charge is 0.312 e. The third-order valence-electron chi connectivity index (χ3n) is 3.59. The second-order valence-corrected chi connectivity index (χ2v) is 4.40. The van der Waals surface area contributed by atoms with E-state index in [1.807, 2.05) is 6.92 Å². The Morgan fingerprint density at radius 3 is 2.47 bits per heavy atom. The first-order valence-electron chi connectivity index (χ1n) is 5.67. The van der Waals surface area contributed by atoms with E-state index in [0.29, 0.717) is 12.5 Å². The number of hydrogen-bond acceptors (Lipinski definition) is 3. The Bertz CT molecular complexity index is 223. The van der Waals surface area contributed by atoms with E-state index in [-0.39, 0.29) is 23.8 Å². The monoisotopic (exact) mass is 233 g/mol. The number of ether oxygens (including phenoxy) is 1. The van der Waals surface area contributed by atoms with Crippen LogP contribution in [-0.2, 0) is 9.53 Å². The number of nitrogens with one attached hydrogen (secondary N) is 1. The second kappa shape index (κ2) is 5.17. The van der Waals surface area contributed by atoms with Crippen molar-refractivity contribution in [3.05, 3.63) is 0 Å². The quantitative estimate of drug-likeness (QED) is 0.755. The van der Waals surface area contributed by atoms with Gasteiger partial charge in [0, 0.05) is 0 Å². The molecule has 1 saturated carbocycles. The highest BCUT2D eigenvalue weighted by Gasteiger charge is 2.56. The Labute approximate surface area is 97.4 Å². The van der Waals surface area contributed by atoms with E-state index in [1.165, 1.54) is 0 Å². The molecule has 2 rings (SSSR count). The van der Waals surface area contributed by atoms with Crippen molar-refractivity contribution < 1.29 is 9.53 Å². The third-order valence-corrected chi connectivity index (χ3v) is 3.59. The maximum atomic E-state index is 11.8. The van der Waals surface area contributed by atoms with Gasteiger partial charge in [0.25, 0.3) is 0 Å². The van der Waals surface area contributed by atoms with Crippen molar-refractivity contribution in [2.45, 2.75) is 32.6 Å². The van der Waals surface area contributed by atoms with Gasteiger partial charge < -0.3 is 10.1 Å². The zero-order valence-corrected chi connectivity index (χ0v) is 10.1. The van der Waals surface area contributed by atoms with E-state index in [4.69, 9.17) is 4.74 Å². The summed E-state index contributed by atoms with van der Waals surface area (Å²) in [5.41, 5.74) is -0.0713. The predicted molar refractivity (Wildman–Crippen MR) is 61.1 cm³/mol. The summed E-state index contributed by atoms with van der Waals surface area (Å²) in [5.74, 6) is 0.634. The highest BCUT2D eigenvalue weighted by atomic mass is 35.5. The molecule has 0 aromatic heterocycles. The Morgan fingerprint density at radius 1 is 1.40 bits per heavy atom. The minimum Gasteiger partial charge on any atom is -0.466 e. The number of rotatable bonds is 3. The van der Waals surface area contributed by atoms with Gasteiger partial charge in [-0.05, 0) is 51.6 Å². The molecule has 1 aliphatic heterocycles. The molecule has 2 fully saturated rings. The Morgan fingerprint density at radius 2 is 2.00 bits per heavy atom.